The van der Waals surface area contributed by atoms with E-state index in [4.69, 9.17) is 5.11 Å². The van der Waals surface area contributed by atoms with Crippen LogP contribution in [0.1, 0.15) is 5.56 Å². The van der Waals surface area contributed by atoms with Crippen LogP contribution in [0, 0.1) is 6.92 Å². The summed E-state index contributed by atoms with van der Waals surface area (Å²) in [6.07, 6.45) is 1.76. The van der Waals surface area contributed by atoms with Gasteiger partial charge in [0.05, 0.1) is 5.69 Å². The van der Waals surface area contributed by atoms with E-state index in [0.717, 1.165) is 22.2 Å². The van der Waals surface area contributed by atoms with Crippen LogP contribution in [0.3, 0.4) is 0 Å². The van der Waals surface area contributed by atoms with Gasteiger partial charge in [-0.2, -0.15) is 0 Å². The maximum atomic E-state index is 11.3. The van der Waals surface area contributed by atoms with Crippen LogP contribution in [-0.2, 0) is 9.59 Å². The van der Waals surface area contributed by atoms with E-state index in [9.17, 15) is 9.59 Å². The molecule has 1 aromatic rings. The van der Waals surface area contributed by atoms with Crippen LogP contribution in [0.5, 0.6) is 0 Å². The minimum absolute atomic E-state index is 0.480. The third kappa shape index (κ3) is 3.86. The normalized spacial score (nSPS) is 10.4. The molecule has 84 valence electrons. The molecule has 0 saturated heterocycles. The summed E-state index contributed by atoms with van der Waals surface area (Å²) in [6.45, 7) is 1.93. The molecular formula is C11H10BrNO3. The Hall–Kier alpha value is -1.62. The first-order valence-electron chi connectivity index (χ1n) is 4.47. The monoisotopic (exact) mass is 283 g/mol. The van der Waals surface area contributed by atoms with Crippen LogP contribution in [0.2, 0.25) is 0 Å². The molecule has 0 radical (unpaired) electrons. The van der Waals surface area contributed by atoms with E-state index in [2.05, 4.69) is 21.2 Å². The van der Waals surface area contributed by atoms with E-state index in [1.165, 1.54) is 0 Å². The largest absolute Gasteiger partial charge is 0.478 e. The molecule has 0 bridgehead atoms. The molecule has 0 aliphatic rings. The highest BCUT2D eigenvalue weighted by atomic mass is 79.9. The number of hydrogen-bond donors (Lipinski definition) is 2. The Labute approximate surface area is 101 Å². The highest BCUT2D eigenvalue weighted by Crippen LogP contribution is 2.23. The first-order valence-corrected chi connectivity index (χ1v) is 5.26. The third-order valence-electron chi connectivity index (χ3n) is 1.76. The minimum Gasteiger partial charge on any atom is -0.478 e. The Morgan fingerprint density at radius 3 is 2.62 bits per heavy atom. The van der Waals surface area contributed by atoms with Crippen LogP contribution in [-0.4, -0.2) is 17.0 Å². The zero-order chi connectivity index (χ0) is 12.1. The Morgan fingerprint density at radius 1 is 1.38 bits per heavy atom. The highest BCUT2D eigenvalue weighted by molar-refractivity contribution is 9.10. The average Bonchev–Trinajstić information content (AvgIpc) is 2.19. The Balaban J connectivity index is 2.73. The van der Waals surface area contributed by atoms with Gasteiger partial charge >= 0.3 is 5.97 Å². The number of anilines is 1. The number of aliphatic carboxylic acids is 1. The molecule has 0 heterocycles. The second-order valence-corrected chi connectivity index (χ2v) is 4.00. The maximum Gasteiger partial charge on any atom is 0.328 e. The second-order valence-electron chi connectivity index (χ2n) is 3.14. The predicted octanol–water partition coefficient (Wildman–Crippen LogP) is 2.34. The van der Waals surface area contributed by atoms with E-state index in [1.54, 1.807) is 6.07 Å². The topological polar surface area (TPSA) is 66.4 Å². The van der Waals surface area contributed by atoms with Gasteiger partial charge in [-0.1, -0.05) is 6.07 Å². The van der Waals surface area contributed by atoms with Crippen molar-refractivity contribution < 1.29 is 14.7 Å². The summed E-state index contributed by atoms with van der Waals surface area (Å²) in [4.78, 5) is 21.5. The number of hydrogen-bond acceptors (Lipinski definition) is 2. The molecule has 0 aliphatic heterocycles. The molecule has 0 spiro atoms. The van der Waals surface area contributed by atoms with E-state index in [0.29, 0.717) is 5.69 Å². The van der Waals surface area contributed by atoms with Crippen molar-refractivity contribution in [2.45, 2.75) is 6.92 Å². The van der Waals surface area contributed by atoms with Crippen molar-refractivity contribution in [3.8, 4) is 0 Å². The molecule has 0 aromatic heterocycles. The predicted molar refractivity (Wildman–Crippen MR) is 64.3 cm³/mol. The molecule has 4 nitrogen and oxygen atoms in total. The van der Waals surface area contributed by atoms with Gasteiger partial charge in [0.15, 0.2) is 0 Å². The van der Waals surface area contributed by atoms with Crippen molar-refractivity contribution in [3.05, 3.63) is 40.4 Å². The maximum absolute atomic E-state index is 11.3. The van der Waals surface area contributed by atoms with Gasteiger partial charge in [-0.05, 0) is 40.5 Å². The summed E-state index contributed by atoms with van der Waals surface area (Å²) in [5.74, 6) is -1.63. The fourth-order valence-corrected chi connectivity index (χ4v) is 1.64. The molecule has 16 heavy (non-hydrogen) atoms. The van der Waals surface area contributed by atoms with Crippen molar-refractivity contribution >= 4 is 33.5 Å². The van der Waals surface area contributed by atoms with Crippen molar-refractivity contribution in [1.29, 1.82) is 0 Å². The molecule has 0 unspecified atom stereocenters. The Bertz CT molecular complexity index is 455. The van der Waals surface area contributed by atoms with Crippen molar-refractivity contribution in [2.24, 2.45) is 0 Å². The lowest BCUT2D eigenvalue weighted by atomic mass is 10.2. The van der Waals surface area contributed by atoms with Crippen LogP contribution >= 0.6 is 15.9 Å². The lowest BCUT2D eigenvalue weighted by molar-refractivity contribution is -0.131. The molecular weight excluding hydrogens is 274 g/mol. The number of carboxylic acid groups (broad SMARTS) is 1. The van der Waals surface area contributed by atoms with Gasteiger partial charge in [0.25, 0.3) is 0 Å². The van der Waals surface area contributed by atoms with Crippen LogP contribution in [0.15, 0.2) is 34.8 Å². The summed E-state index contributed by atoms with van der Waals surface area (Å²) in [5.41, 5.74) is 1.66. The zero-order valence-corrected chi connectivity index (χ0v) is 10.1. The molecule has 2 N–H and O–H groups in total. The summed E-state index contributed by atoms with van der Waals surface area (Å²) in [6, 6.07) is 5.45. The van der Waals surface area contributed by atoms with E-state index in [-0.39, 0.29) is 0 Å². The van der Waals surface area contributed by atoms with Gasteiger partial charge in [0.2, 0.25) is 5.91 Å². The van der Waals surface area contributed by atoms with Gasteiger partial charge in [-0.15, -0.1) is 0 Å². The van der Waals surface area contributed by atoms with Crippen LogP contribution in [0.25, 0.3) is 0 Å². The Kier molecular flexibility index (Phi) is 4.25. The van der Waals surface area contributed by atoms with E-state index in [1.807, 2.05) is 19.1 Å². The standard InChI is InChI=1S/C11H10BrNO3/c1-7-2-3-9(8(12)6-7)13-10(14)4-5-11(15)16/h2-6H,1H3,(H,13,14)(H,15,16). The fraction of sp³-hybridized carbons (Fsp3) is 0.0909. The second kappa shape index (κ2) is 5.46. The number of nitrogens with one attached hydrogen (secondary N) is 1. The summed E-state index contributed by atoms with van der Waals surface area (Å²) >= 11 is 3.30. The number of carbonyl (C=O) groups is 2. The summed E-state index contributed by atoms with van der Waals surface area (Å²) in [7, 11) is 0. The van der Waals surface area contributed by atoms with Gasteiger partial charge < -0.3 is 10.4 Å². The molecule has 1 rings (SSSR count). The number of amides is 1. The number of carbonyl (C=O) groups excluding carboxylic acids is 1. The molecule has 1 amide bonds. The number of rotatable bonds is 3. The molecule has 0 atom stereocenters. The Morgan fingerprint density at radius 2 is 2.06 bits per heavy atom. The van der Waals surface area contributed by atoms with E-state index < -0.39 is 11.9 Å². The van der Waals surface area contributed by atoms with Gasteiger partial charge in [-0.3, -0.25) is 4.79 Å². The van der Waals surface area contributed by atoms with Crippen LogP contribution in [0.4, 0.5) is 5.69 Å². The number of carboxylic acids is 1. The van der Waals surface area contributed by atoms with Crippen molar-refractivity contribution in [3.63, 3.8) is 0 Å². The summed E-state index contributed by atoms with van der Waals surface area (Å²) < 4.78 is 0.754. The van der Waals surface area contributed by atoms with Gasteiger partial charge in [0, 0.05) is 16.6 Å². The number of halogens is 1. The first kappa shape index (κ1) is 12.4. The first-order chi connectivity index (χ1) is 7.49. The average molecular weight is 284 g/mol. The summed E-state index contributed by atoms with van der Waals surface area (Å²) in [5, 5.41) is 10.9. The molecule has 5 heteroatoms. The molecule has 0 saturated carbocycles. The highest BCUT2D eigenvalue weighted by Gasteiger charge is 2.03. The van der Waals surface area contributed by atoms with Crippen molar-refractivity contribution in [2.75, 3.05) is 5.32 Å². The minimum atomic E-state index is -1.15. The smallest absolute Gasteiger partial charge is 0.328 e. The molecule has 0 fully saturated rings. The quantitative estimate of drug-likeness (QED) is 0.837. The SMILES string of the molecule is Cc1ccc(NC(=O)C=CC(=O)O)c(Br)c1. The number of aryl methyl sites for hydroxylation is 1. The lowest BCUT2D eigenvalue weighted by Crippen LogP contribution is -2.09. The molecule has 1 aromatic carbocycles. The fourth-order valence-electron chi connectivity index (χ4n) is 1.04. The third-order valence-corrected chi connectivity index (χ3v) is 2.42. The zero-order valence-electron chi connectivity index (χ0n) is 8.53. The van der Waals surface area contributed by atoms with E-state index >= 15 is 0 Å². The van der Waals surface area contributed by atoms with Gasteiger partial charge in [-0.25, -0.2) is 4.79 Å². The molecule has 0 aliphatic carbocycles. The number of benzene rings is 1. The lowest BCUT2D eigenvalue weighted by Gasteiger charge is -2.05. The van der Waals surface area contributed by atoms with Gasteiger partial charge in [0.1, 0.15) is 0 Å². The van der Waals surface area contributed by atoms with Crippen LogP contribution < -0.4 is 5.32 Å². The van der Waals surface area contributed by atoms with Crippen molar-refractivity contribution in [1.82, 2.24) is 0 Å².